The lowest BCUT2D eigenvalue weighted by molar-refractivity contribution is 0.422. The number of benzene rings is 1. The minimum Gasteiger partial charge on any atom is -0.203 e. The molecule has 0 atom stereocenters. The van der Waals surface area contributed by atoms with Gasteiger partial charge in [0.1, 0.15) is 10.1 Å². The third-order valence-electron chi connectivity index (χ3n) is 1.60. The van der Waals surface area contributed by atoms with Gasteiger partial charge in [0.2, 0.25) is 0 Å². The van der Waals surface area contributed by atoms with Crippen LogP contribution in [0.2, 0.25) is 5.02 Å². The Morgan fingerprint density at radius 1 is 0.812 bits per heavy atom. The Morgan fingerprint density at radius 2 is 1.19 bits per heavy atom. The van der Waals surface area contributed by atoms with Crippen molar-refractivity contribution >= 4 is 28.2 Å². The molecule has 0 radical (unpaired) electrons. The molecular weight excluding hydrogens is 281 g/mol. The van der Waals surface area contributed by atoms with Crippen molar-refractivity contribution in [3.05, 3.63) is 39.9 Å². The normalized spacial score (nSPS) is 10.5. The van der Waals surface area contributed by atoms with E-state index < -0.39 is 45.0 Å². The highest BCUT2D eigenvalue weighted by Crippen LogP contribution is 2.35. The summed E-state index contributed by atoms with van der Waals surface area (Å²) in [5.41, 5.74) is -1.69. The topological polar surface area (TPSA) is 0 Å². The van der Waals surface area contributed by atoms with Crippen LogP contribution in [0.3, 0.4) is 0 Å². The second kappa shape index (κ2) is 4.55. The summed E-state index contributed by atoms with van der Waals surface area (Å²) in [6, 6.07) is 0. The lowest BCUT2D eigenvalue weighted by Crippen LogP contribution is -2.02. The van der Waals surface area contributed by atoms with E-state index in [1.807, 2.05) is 0 Å². The summed E-state index contributed by atoms with van der Waals surface area (Å²) in [4.78, 5) is 0. The van der Waals surface area contributed by atoms with Crippen molar-refractivity contribution in [1.29, 1.82) is 0 Å². The second-order valence-electron chi connectivity index (χ2n) is 2.52. The van der Waals surface area contributed by atoms with Gasteiger partial charge in [-0.25, -0.2) is 17.6 Å². The molecule has 1 aromatic carbocycles. The minimum atomic E-state index is -2.68. The number of rotatable bonds is 1. The van der Waals surface area contributed by atoms with E-state index in [4.69, 9.17) is 23.2 Å². The Balaban J connectivity index is 3.72. The second-order valence-corrected chi connectivity index (χ2v) is 3.28. The van der Waals surface area contributed by atoms with Gasteiger partial charge in [-0.15, -0.1) is 0 Å². The quantitative estimate of drug-likeness (QED) is 0.397. The Kier molecular flexibility index (Phi) is 3.75. The van der Waals surface area contributed by atoms with Gasteiger partial charge >= 0.3 is 0 Å². The van der Waals surface area contributed by atoms with Crippen LogP contribution in [-0.4, -0.2) is 0 Å². The zero-order valence-electron chi connectivity index (χ0n) is 7.02. The van der Waals surface area contributed by atoms with Crippen LogP contribution in [0, 0.1) is 23.3 Å². The molecular formula is C8Cl2F6. The number of hydrogen-bond acceptors (Lipinski definition) is 0. The summed E-state index contributed by atoms with van der Waals surface area (Å²) in [5, 5.41) is -3.19. The van der Waals surface area contributed by atoms with E-state index in [9.17, 15) is 26.3 Å². The van der Waals surface area contributed by atoms with Gasteiger partial charge in [0.15, 0.2) is 23.3 Å². The average Bonchev–Trinajstić information content (AvgIpc) is 2.23. The molecule has 0 bridgehead atoms. The summed E-state index contributed by atoms with van der Waals surface area (Å²) in [5.74, 6) is -8.15. The van der Waals surface area contributed by atoms with E-state index in [2.05, 4.69) is 0 Å². The molecule has 0 saturated carbocycles. The minimum absolute atomic E-state index is 1.47. The van der Waals surface area contributed by atoms with Crippen LogP contribution in [0.15, 0.2) is 6.08 Å². The fraction of sp³-hybridized carbons (Fsp3) is 0. The maximum Gasteiger partial charge on any atom is 0.289 e. The van der Waals surface area contributed by atoms with Crippen molar-refractivity contribution in [3.63, 3.8) is 0 Å². The lowest BCUT2D eigenvalue weighted by atomic mass is 10.1. The van der Waals surface area contributed by atoms with Crippen LogP contribution in [-0.2, 0) is 0 Å². The van der Waals surface area contributed by atoms with Crippen LogP contribution in [0.4, 0.5) is 26.3 Å². The first-order valence-corrected chi connectivity index (χ1v) is 4.27. The average molecular weight is 281 g/mol. The van der Waals surface area contributed by atoms with Gasteiger partial charge in [-0.1, -0.05) is 23.2 Å². The number of halogens is 8. The molecule has 0 aliphatic heterocycles. The van der Waals surface area contributed by atoms with Crippen molar-refractivity contribution in [2.45, 2.75) is 0 Å². The van der Waals surface area contributed by atoms with Crippen molar-refractivity contribution in [1.82, 2.24) is 0 Å². The Labute approximate surface area is 95.1 Å². The van der Waals surface area contributed by atoms with Gasteiger partial charge in [-0.05, 0) is 0 Å². The van der Waals surface area contributed by atoms with Gasteiger partial charge in [0.05, 0.1) is 5.56 Å². The molecule has 0 amide bonds. The first-order chi connectivity index (χ1) is 7.29. The zero-order valence-corrected chi connectivity index (χ0v) is 8.54. The van der Waals surface area contributed by atoms with E-state index in [1.165, 1.54) is 0 Å². The molecule has 0 fully saturated rings. The highest BCUT2D eigenvalue weighted by molar-refractivity contribution is 6.49. The first-order valence-electron chi connectivity index (χ1n) is 3.51. The SMILES string of the molecule is FC(F)=C(Cl)c1c(F)c(F)c(Cl)c(F)c1F. The van der Waals surface area contributed by atoms with Crippen molar-refractivity contribution in [2.75, 3.05) is 0 Å². The van der Waals surface area contributed by atoms with Gasteiger partial charge in [-0.3, -0.25) is 0 Å². The summed E-state index contributed by atoms with van der Waals surface area (Å²) < 4.78 is 75.6. The predicted molar refractivity (Wildman–Crippen MR) is 46.3 cm³/mol. The van der Waals surface area contributed by atoms with Crippen molar-refractivity contribution in [2.24, 2.45) is 0 Å². The Morgan fingerprint density at radius 3 is 1.50 bits per heavy atom. The van der Waals surface area contributed by atoms with Crippen LogP contribution < -0.4 is 0 Å². The molecule has 1 rings (SSSR count). The Bertz CT molecular complexity index is 449. The zero-order chi connectivity index (χ0) is 12.6. The number of hydrogen-bond donors (Lipinski definition) is 0. The van der Waals surface area contributed by atoms with Crippen LogP contribution in [0.25, 0.3) is 5.03 Å². The van der Waals surface area contributed by atoms with Gasteiger partial charge in [-0.2, -0.15) is 8.78 Å². The maximum absolute atomic E-state index is 13.0. The van der Waals surface area contributed by atoms with Crippen LogP contribution in [0.5, 0.6) is 0 Å². The fourth-order valence-corrected chi connectivity index (χ4v) is 1.22. The van der Waals surface area contributed by atoms with Crippen molar-refractivity contribution < 1.29 is 26.3 Å². The highest BCUT2D eigenvalue weighted by Gasteiger charge is 2.27. The molecule has 0 aliphatic rings. The Hall–Kier alpha value is -0.880. The molecule has 0 spiro atoms. The lowest BCUT2D eigenvalue weighted by Gasteiger charge is -2.06. The molecule has 0 unspecified atom stereocenters. The van der Waals surface area contributed by atoms with E-state index in [-0.39, 0.29) is 0 Å². The van der Waals surface area contributed by atoms with Gasteiger partial charge in [0, 0.05) is 0 Å². The third kappa shape index (κ3) is 1.99. The summed E-state index contributed by atoms with van der Waals surface area (Å²) >= 11 is 9.69. The summed E-state index contributed by atoms with van der Waals surface area (Å²) in [7, 11) is 0. The largest absolute Gasteiger partial charge is 0.289 e. The molecule has 0 N–H and O–H groups in total. The summed E-state index contributed by atoms with van der Waals surface area (Å²) in [6.07, 6.45) is -2.68. The van der Waals surface area contributed by atoms with Gasteiger partial charge in [0.25, 0.3) is 6.08 Å². The van der Waals surface area contributed by atoms with E-state index in [0.29, 0.717) is 0 Å². The van der Waals surface area contributed by atoms with Crippen molar-refractivity contribution in [3.8, 4) is 0 Å². The molecule has 0 aliphatic carbocycles. The molecule has 88 valence electrons. The standard InChI is InChI=1S/C8Cl2F6/c9-2(8(15)16)1-4(11)6(13)3(10)7(14)5(1)12. The van der Waals surface area contributed by atoms with Crippen LogP contribution in [0.1, 0.15) is 5.56 Å². The summed E-state index contributed by atoms with van der Waals surface area (Å²) in [6.45, 7) is 0. The van der Waals surface area contributed by atoms with E-state index >= 15 is 0 Å². The molecule has 0 heterocycles. The van der Waals surface area contributed by atoms with E-state index in [1.54, 1.807) is 0 Å². The smallest absolute Gasteiger partial charge is 0.203 e. The molecule has 0 aromatic heterocycles. The monoisotopic (exact) mass is 280 g/mol. The molecule has 16 heavy (non-hydrogen) atoms. The fourth-order valence-electron chi connectivity index (χ4n) is 0.892. The van der Waals surface area contributed by atoms with E-state index in [0.717, 1.165) is 0 Å². The first kappa shape index (κ1) is 13.2. The van der Waals surface area contributed by atoms with Crippen LogP contribution >= 0.6 is 23.2 Å². The maximum atomic E-state index is 13.0. The molecule has 0 nitrogen and oxygen atoms in total. The third-order valence-corrected chi connectivity index (χ3v) is 2.26. The highest BCUT2D eigenvalue weighted by atomic mass is 35.5. The molecule has 1 aromatic rings. The van der Waals surface area contributed by atoms with Gasteiger partial charge < -0.3 is 0 Å². The molecule has 8 heteroatoms. The predicted octanol–water partition coefficient (Wildman–Crippen LogP) is 4.70. The molecule has 0 saturated heterocycles.